The van der Waals surface area contributed by atoms with E-state index in [1.807, 2.05) is 21.1 Å². The third-order valence-electron chi connectivity index (χ3n) is 8.04. The maximum atomic E-state index is 12.6. The third-order valence-corrected chi connectivity index (χ3v) is 9.03. The number of nitrogens with zero attached hydrogens (tertiary/aromatic N) is 1. The largest absolute Gasteiger partial charge is 0.472 e. The van der Waals surface area contributed by atoms with Crippen LogP contribution in [-0.2, 0) is 51.7 Å². The predicted octanol–water partition coefficient (Wildman–Crippen LogP) is 7.54. The second kappa shape index (κ2) is 31.9. The maximum Gasteiger partial charge on any atom is 0.472 e. The first-order valence-corrected chi connectivity index (χ1v) is 20.6. The van der Waals surface area contributed by atoms with Crippen LogP contribution in [0.2, 0.25) is 0 Å². The molecule has 0 amide bonds. The number of quaternary nitrogens is 1. The minimum atomic E-state index is -4.41. The van der Waals surface area contributed by atoms with Crippen molar-refractivity contribution < 1.29 is 61.1 Å². The smallest absolute Gasteiger partial charge is 0.463 e. The van der Waals surface area contributed by atoms with Crippen LogP contribution in [0.3, 0.4) is 0 Å². The van der Waals surface area contributed by atoms with Crippen molar-refractivity contribution in [3.8, 4) is 0 Å². The molecule has 14 heteroatoms. The van der Waals surface area contributed by atoms with Gasteiger partial charge in [-0.05, 0) is 25.7 Å². The number of phosphoric acid groups is 1. The van der Waals surface area contributed by atoms with E-state index in [1.54, 1.807) is 0 Å². The van der Waals surface area contributed by atoms with Gasteiger partial charge in [-0.2, -0.15) is 0 Å². The summed E-state index contributed by atoms with van der Waals surface area (Å²) >= 11 is 0. The summed E-state index contributed by atoms with van der Waals surface area (Å²) in [5, 5.41) is 0. The molecular weight excluding hydrogens is 693 g/mol. The zero-order valence-corrected chi connectivity index (χ0v) is 33.3. The van der Waals surface area contributed by atoms with Gasteiger partial charge in [0.15, 0.2) is 6.10 Å². The predicted molar refractivity (Wildman–Crippen MR) is 200 cm³/mol. The van der Waals surface area contributed by atoms with Crippen LogP contribution in [0.1, 0.15) is 128 Å². The molecule has 0 aromatic heterocycles. The van der Waals surface area contributed by atoms with Crippen LogP contribution in [0, 0.1) is 0 Å². The van der Waals surface area contributed by atoms with Gasteiger partial charge in [-0.1, -0.05) is 103 Å². The molecule has 0 aliphatic rings. The second-order valence-corrected chi connectivity index (χ2v) is 15.5. The lowest BCUT2D eigenvalue weighted by Gasteiger charge is -2.24. The van der Waals surface area contributed by atoms with Crippen molar-refractivity contribution in [1.29, 1.82) is 0 Å². The molecular formula is C38H69NO12P+. The lowest BCUT2D eigenvalue weighted by atomic mass is 10.1. The third kappa shape index (κ3) is 34.5. The Labute approximate surface area is 313 Å². The molecule has 302 valence electrons. The van der Waals surface area contributed by atoms with Crippen molar-refractivity contribution in [2.75, 3.05) is 60.7 Å². The van der Waals surface area contributed by atoms with Crippen LogP contribution in [0.15, 0.2) is 25.3 Å². The van der Waals surface area contributed by atoms with Gasteiger partial charge in [0.05, 0.1) is 41.0 Å². The summed E-state index contributed by atoms with van der Waals surface area (Å²) in [6.07, 6.45) is 19.2. The highest BCUT2D eigenvalue weighted by molar-refractivity contribution is 7.47. The van der Waals surface area contributed by atoms with Gasteiger partial charge in [-0.25, -0.2) is 14.2 Å². The molecule has 0 fully saturated rings. The highest BCUT2D eigenvalue weighted by Gasteiger charge is 2.27. The lowest BCUT2D eigenvalue weighted by Crippen LogP contribution is -2.37. The van der Waals surface area contributed by atoms with Crippen molar-refractivity contribution in [1.82, 2.24) is 0 Å². The van der Waals surface area contributed by atoms with E-state index in [0.29, 0.717) is 37.1 Å². The zero-order chi connectivity index (χ0) is 38.9. The maximum absolute atomic E-state index is 12.6. The summed E-state index contributed by atoms with van der Waals surface area (Å²) in [7, 11) is 1.36. The Morgan fingerprint density at radius 1 is 0.577 bits per heavy atom. The van der Waals surface area contributed by atoms with E-state index < -0.39 is 32.5 Å². The number of esters is 4. The van der Waals surface area contributed by atoms with Crippen molar-refractivity contribution in [3.63, 3.8) is 0 Å². The zero-order valence-electron chi connectivity index (χ0n) is 32.4. The minimum Gasteiger partial charge on any atom is -0.463 e. The molecule has 0 aliphatic carbocycles. The first-order chi connectivity index (χ1) is 24.8. The van der Waals surface area contributed by atoms with Gasteiger partial charge >= 0.3 is 31.7 Å². The Bertz CT molecular complexity index is 1050. The van der Waals surface area contributed by atoms with E-state index in [1.165, 1.54) is 12.2 Å². The molecule has 0 aliphatic heterocycles. The fourth-order valence-electron chi connectivity index (χ4n) is 4.94. The number of phosphoric ester groups is 1. The fraction of sp³-hybridized carbons (Fsp3) is 0.789. The molecule has 0 spiro atoms. The number of unbranched alkanes of at least 4 members (excludes halogenated alkanes) is 16. The summed E-state index contributed by atoms with van der Waals surface area (Å²) in [5.41, 5.74) is 0. The normalized spacial score (nSPS) is 13.1. The fourth-order valence-corrected chi connectivity index (χ4v) is 5.69. The molecule has 0 bridgehead atoms. The second-order valence-electron chi connectivity index (χ2n) is 14.0. The molecule has 0 saturated heterocycles. The summed E-state index contributed by atoms with van der Waals surface area (Å²) < 4.78 is 43.9. The average Bonchev–Trinajstić information content (AvgIpc) is 3.09. The topological polar surface area (TPSA) is 161 Å². The molecule has 13 nitrogen and oxygen atoms in total. The molecule has 0 rings (SSSR count). The van der Waals surface area contributed by atoms with Crippen molar-refractivity contribution in [3.05, 3.63) is 25.3 Å². The summed E-state index contributed by atoms with van der Waals surface area (Å²) in [5.74, 6) is -1.69. The average molecular weight is 763 g/mol. The highest BCUT2D eigenvalue weighted by atomic mass is 31.2. The lowest BCUT2D eigenvalue weighted by molar-refractivity contribution is -0.870. The Morgan fingerprint density at radius 3 is 1.40 bits per heavy atom. The van der Waals surface area contributed by atoms with Gasteiger partial charge in [0, 0.05) is 25.0 Å². The molecule has 52 heavy (non-hydrogen) atoms. The van der Waals surface area contributed by atoms with E-state index >= 15 is 0 Å². The van der Waals surface area contributed by atoms with Gasteiger partial charge < -0.3 is 28.3 Å². The van der Waals surface area contributed by atoms with Gasteiger partial charge in [0.1, 0.15) is 19.8 Å². The number of carbonyl (C=O) groups is 4. The SMILES string of the molecule is C=CC(=O)OCCCCCCCCCCCC(=O)OC[C@H](COP(=O)(O)OCC[N+](C)(C)C)OC(=O)CCCCCCCCCCCOC(=O)C=C. The van der Waals surface area contributed by atoms with Crippen molar-refractivity contribution in [2.45, 2.75) is 135 Å². The van der Waals surface area contributed by atoms with E-state index in [9.17, 15) is 28.6 Å². The van der Waals surface area contributed by atoms with Crippen LogP contribution in [-0.4, -0.2) is 100 Å². The van der Waals surface area contributed by atoms with Gasteiger partial charge in [-0.3, -0.25) is 18.6 Å². The Morgan fingerprint density at radius 2 is 0.981 bits per heavy atom. The van der Waals surface area contributed by atoms with Gasteiger partial charge in [0.2, 0.25) is 0 Å². The monoisotopic (exact) mass is 762 g/mol. The summed E-state index contributed by atoms with van der Waals surface area (Å²) in [6, 6.07) is 0. The first kappa shape index (κ1) is 49.4. The number of likely N-dealkylation sites (N-methyl/N-ethyl adjacent to an activating group) is 1. The molecule has 0 saturated carbocycles. The number of hydrogen-bond acceptors (Lipinski definition) is 11. The molecule has 1 unspecified atom stereocenters. The molecule has 0 radical (unpaired) electrons. The van der Waals surface area contributed by atoms with E-state index in [-0.39, 0.29) is 38.0 Å². The first-order valence-electron chi connectivity index (χ1n) is 19.1. The standard InChI is InChI=1S/C38H68NO12P/c1-6-35(40)46-29-24-20-16-12-8-10-14-18-22-26-37(42)48-32-34(33-50-52(44,45)49-31-28-39(3,4)5)51-38(43)27-23-19-15-11-9-13-17-21-25-30-47-36(41)7-2/h6-7,34H,1-2,8-33H2,3-5H3/p+1/t34-/m1/s1. The number of rotatable bonds is 36. The minimum absolute atomic E-state index is 0.00103. The molecule has 1 N–H and O–H groups in total. The van der Waals surface area contributed by atoms with E-state index in [4.69, 9.17) is 28.0 Å². The van der Waals surface area contributed by atoms with Crippen molar-refractivity contribution >= 4 is 31.7 Å². The summed E-state index contributed by atoms with van der Waals surface area (Å²) in [6.45, 7) is 7.33. The van der Waals surface area contributed by atoms with Crippen molar-refractivity contribution in [2.24, 2.45) is 0 Å². The van der Waals surface area contributed by atoms with Crippen LogP contribution in [0.25, 0.3) is 0 Å². The number of hydrogen-bond donors (Lipinski definition) is 1. The van der Waals surface area contributed by atoms with Crippen LogP contribution in [0.5, 0.6) is 0 Å². The molecule has 0 heterocycles. The molecule has 0 aromatic carbocycles. The number of carbonyl (C=O) groups excluding carboxylic acids is 4. The quantitative estimate of drug-likeness (QED) is 0.0167. The molecule has 2 atom stereocenters. The highest BCUT2D eigenvalue weighted by Crippen LogP contribution is 2.43. The van der Waals surface area contributed by atoms with E-state index in [2.05, 4.69) is 13.2 Å². The van der Waals surface area contributed by atoms with Crippen LogP contribution in [0.4, 0.5) is 0 Å². The molecule has 0 aromatic rings. The van der Waals surface area contributed by atoms with Gasteiger partial charge in [-0.15, -0.1) is 0 Å². The Balaban J connectivity index is 4.39. The van der Waals surface area contributed by atoms with Crippen LogP contribution < -0.4 is 0 Å². The Kier molecular flexibility index (Phi) is 30.3. The summed E-state index contributed by atoms with van der Waals surface area (Å²) in [4.78, 5) is 57.2. The Hall–Kier alpha value is -2.57. The van der Waals surface area contributed by atoms with E-state index in [0.717, 1.165) is 103 Å². The number of ether oxygens (including phenoxy) is 4. The van der Waals surface area contributed by atoms with Gasteiger partial charge in [0.25, 0.3) is 0 Å². The van der Waals surface area contributed by atoms with Crippen LogP contribution >= 0.6 is 7.82 Å².